The van der Waals surface area contributed by atoms with Crippen LogP contribution in [-0.4, -0.2) is 15.0 Å². The highest BCUT2D eigenvalue weighted by atomic mass is 15.0. The van der Waals surface area contributed by atoms with E-state index in [1.807, 2.05) is 6.07 Å². The van der Waals surface area contributed by atoms with Gasteiger partial charge in [0, 0.05) is 18.0 Å². The van der Waals surface area contributed by atoms with Crippen LogP contribution in [0, 0.1) is 0 Å². The van der Waals surface area contributed by atoms with E-state index in [4.69, 9.17) is 11.5 Å². The summed E-state index contributed by atoms with van der Waals surface area (Å²) in [7, 11) is 0. The number of hydrogen-bond donors (Lipinski definition) is 2. The molecule has 5 heteroatoms. The molecule has 0 bridgehead atoms. The molecule has 0 aliphatic rings. The molecule has 0 radical (unpaired) electrons. The Morgan fingerprint density at radius 1 is 1.00 bits per heavy atom. The molecule has 0 amide bonds. The number of anilines is 2. The van der Waals surface area contributed by atoms with E-state index >= 15 is 0 Å². The molecule has 0 saturated heterocycles. The molecule has 2 aromatic rings. The second kappa shape index (κ2) is 3.29. The summed E-state index contributed by atoms with van der Waals surface area (Å²) in [5, 5.41) is 0. The zero-order valence-corrected chi connectivity index (χ0v) is 7.38. The van der Waals surface area contributed by atoms with Gasteiger partial charge in [-0.1, -0.05) is 0 Å². The van der Waals surface area contributed by atoms with E-state index in [9.17, 15) is 0 Å². The third-order valence-electron chi connectivity index (χ3n) is 1.76. The lowest BCUT2D eigenvalue weighted by atomic mass is 10.2. The molecule has 0 saturated carbocycles. The van der Waals surface area contributed by atoms with Crippen molar-refractivity contribution in [2.45, 2.75) is 0 Å². The highest BCUT2D eigenvalue weighted by molar-refractivity contribution is 5.59. The second-order valence-corrected chi connectivity index (χ2v) is 2.77. The lowest BCUT2D eigenvalue weighted by Crippen LogP contribution is -1.96. The molecule has 0 spiro atoms. The molecule has 0 fully saturated rings. The van der Waals surface area contributed by atoms with Crippen molar-refractivity contribution in [3.8, 4) is 11.3 Å². The number of nitrogen functional groups attached to an aromatic ring is 2. The maximum atomic E-state index is 5.47. The van der Waals surface area contributed by atoms with Crippen LogP contribution in [0.5, 0.6) is 0 Å². The Morgan fingerprint density at radius 3 is 2.50 bits per heavy atom. The van der Waals surface area contributed by atoms with Crippen LogP contribution in [0.25, 0.3) is 11.3 Å². The van der Waals surface area contributed by atoms with Crippen LogP contribution in [0.3, 0.4) is 0 Å². The lowest BCUT2D eigenvalue weighted by Gasteiger charge is -2.00. The Bertz CT molecular complexity index is 437. The van der Waals surface area contributed by atoms with Crippen LogP contribution < -0.4 is 11.5 Å². The zero-order valence-electron chi connectivity index (χ0n) is 7.38. The predicted octanol–water partition coefficient (Wildman–Crippen LogP) is 0.703. The predicted molar refractivity (Wildman–Crippen MR) is 54.1 cm³/mol. The number of rotatable bonds is 1. The number of pyridine rings is 1. The second-order valence-electron chi connectivity index (χ2n) is 2.77. The van der Waals surface area contributed by atoms with Crippen molar-refractivity contribution in [1.82, 2.24) is 15.0 Å². The molecule has 5 nitrogen and oxygen atoms in total. The van der Waals surface area contributed by atoms with Gasteiger partial charge in [0.15, 0.2) is 0 Å². The summed E-state index contributed by atoms with van der Waals surface area (Å²) >= 11 is 0. The minimum Gasteiger partial charge on any atom is -0.384 e. The van der Waals surface area contributed by atoms with Gasteiger partial charge in [0.25, 0.3) is 0 Å². The first-order valence-corrected chi connectivity index (χ1v) is 4.06. The van der Waals surface area contributed by atoms with Crippen LogP contribution in [-0.2, 0) is 0 Å². The minimum atomic E-state index is 0.249. The molecular formula is C9H9N5. The van der Waals surface area contributed by atoms with Crippen LogP contribution in [0.4, 0.5) is 11.8 Å². The Kier molecular flexibility index (Phi) is 1.98. The van der Waals surface area contributed by atoms with Gasteiger partial charge < -0.3 is 11.5 Å². The quantitative estimate of drug-likeness (QED) is 0.685. The number of nitrogens with zero attached hydrogens (tertiary/aromatic N) is 3. The fraction of sp³-hybridized carbons (Fsp3) is 0. The first-order valence-electron chi connectivity index (χ1n) is 4.06. The maximum Gasteiger partial charge on any atom is 0.220 e. The molecule has 2 aromatic heterocycles. The fourth-order valence-corrected chi connectivity index (χ4v) is 1.09. The summed E-state index contributed by atoms with van der Waals surface area (Å²) in [4.78, 5) is 11.8. The fourth-order valence-electron chi connectivity index (χ4n) is 1.09. The molecule has 0 aromatic carbocycles. The van der Waals surface area contributed by atoms with Gasteiger partial charge in [0.05, 0.1) is 5.69 Å². The van der Waals surface area contributed by atoms with Gasteiger partial charge in [-0.25, -0.2) is 15.0 Å². The Hall–Kier alpha value is -2.17. The van der Waals surface area contributed by atoms with Gasteiger partial charge in [-0.15, -0.1) is 0 Å². The van der Waals surface area contributed by atoms with Gasteiger partial charge in [-0.05, 0) is 18.2 Å². The number of aromatic nitrogens is 3. The normalized spacial score (nSPS) is 10.0. The largest absolute Gasteiger partial charge is 0.384 e. The van der Waals surface area contributed by atoms with E-state index < -0.39 is 0 Å². The van der Waals surface area contributed by atoms with E-state index in [0.717, 1.165) is 11.3 Å². The number of nitrogens with two attached hydrogens (primary N) is 2. The summed E-state index contributed by atoms with van der Waals surface area (Å²) in [6.45, 7) is 0. The van der Waals surface area contributed by atoms with Gasteiger partial charge >= 0.3 is 0 Å². The lowest BCUT2D eigenvalue weighted by molar-refractivity contribution is 1.18. The van der Waals surface area contributed by atoms with Crippen LogP contribution in [0.1, 0.15) is 0 Å². The van der Waals surface area contributed by atoms with E-state index in [-0.39, 0.29) is 5.95 Å². The highest BCUT2D eigenvalue weighted by Crippen LogP contribution is 2.16. The highest BCUT2D eigenvalue weighted by Gasteiger charge is 1.99. The molecule has 0 aliphatic heterocycles. The SMILES string of the molecule is Nc1ccc(-c2ccnc(N)n2)cn1. The molecule has 2 rings (SSSR count). The van der Waals surface area contributed by atoms with Gasteiger partial charge in [-0.3, -0.25) is 0 Å². The minimum absolute atomic E-state index is 0.249. The Morgan fingerprint density at radius 2 is 1.86 bits per heavy atom. The van der Waals surface area contributed by atoms with Crippen LogP contribution >= 0.6 is 0 Å². The van der Waals surface area contributed by atoms with Crippen LogP contribution in [0.15, 0.2) is 30.6 Å². The summed E-state index contributed by atoms with van der Waals surface area (Å²) < 4.78 is 0. The maximum absolute atomic E-state index is 5.47. The van der Waals surface area contributed by atoms with Gasteiger partial charge in [0.1, 0.15) is 5.82 Å². The summed E-state index contributed by atoms with van der Waals surface area (Å²) in [6.07, 6.45) is 3.26. The summed E-state index contributed by atoms with van der Waals surface area (Å²) in [5.41, 5.74) is 12.5. The van der Waals surface area contributed by atoms with E-state index in [1.165, 1.54) is 0 Å². The Balaban J connectivity index is 2.44. The van der Waals surface area contributed by atoms with Crippen molar-refractivity contribution in [2.24, 2.45) is 0 Å². The molecule has 0 aliphatic carbocycles. The van der Waals surface area contributed by atoms with Crippen molar-refractivity contribution in [3.63, 3.8) is 0 Å². The van der Waals surface area contributed by atoms with Crippen molar-refractivity contribution in [2.75, 3.05) is 11.5 Å². The zero-order chi connectivity index (χ0) is 9.97. The van der Waals surface area contributed by atoms with E-state index in [2.05, 4.69) is 15.0 Å². The summed E-state index contributed by atoms with van der Waals surface area (Å²) in [5.74, 6) is 0.732. The molecule has 0 unspecified atom stereocenters. The smallest absolute Gasteiger partial charge is 0.220 e. The first-order chi connectivity index (χ1) is 6.75. The monoisotopic (exact) mass is 187 g/mol. The number of hydrogen-bond acceptors (Lipinski definition) is 5. The van der Waals surface area contributed by atoms with Crippen molar-refractivity contribution in [1.29, 1.82) is 0 Å². The Labute approximate surface area is 80.8 Å². The van der Waals surface area contributed by atoms with Crippen molar-refractivity contribution < 1.29 is 0 Å². The summed E-state index contributed by atoms with van der Waals surface area (Å²) in [6, 6.07) is 5.32. The topological polar surface area (TPSA) is 90.7 Å². The standard InChI is InChI=1S/C9H9N5/c10-8-2-1-6(5-13-8)7-3-4-12-9(11)14-7/h1-5H,(H2,10,13)(H2,11,12,14). The molecule has 70 valence electrons. The third-order valence-corrected chi connectivity index (χ3v) is 1.76. The van der Waals surface area contributed by atoms with Gasteiger partial charge in [-0.2, -0.15) is 0 Å². The molecule has 4 N–H and O–H groups in total. The molecule has 0 atom stereocenters. The molecule has 14 heavy (non-hydrogen) atoms. The average Bonchev–Trinajstić information content (AvgIpc) is 2.19. The van der Waals surface area contributed by atoms with Crippen LogP contribution in [0.2, 0.25) is 0 Å². The first kappa shape index (κ1) is 8.43. The average molecular weight is 187 g/mol. The van der Waals surface area contributed by atoms with Gasteiger partial charge in [0.2, 0.25) is 5.95 Å². The van der Waals surface area contributed by atoms with E-state index in [0.29, 0.717) is 5.82 Å². The third kappa shape index (κ3) is 1.61. The van der Waals surface area contributed by atoms with Crippen molar-refractivity contribution in [3.05, 3.63) is 30.6 Å². The molecular weight excluding hydrogens is 178 g/mol. The van der Waals surface area contributed by atoms with E-state index in [1.54, 1.807) is 24.5 Å². The van der Waals surface area contributed by atoms with Crippen molar-refractivity contribution >= 4 is 11.8 Å². The molecule has 2 heterocycles.